The molecule has 0 radical (unpaired) electrons. The molecule has 0 spiro atoms. The normalized spacial score (nSPS) is 9.87. The van der Waals surface area contributed by atoms with Gasteiger partial charge in [0.25, 0.3) is 0 Å². The van der Waals surface area contributed by atoms with E-state index >= 15 is 0 Å². The number of carbonyl (C=O) groups is 2. The predicted octanol–water partition coefficient (Wildman–Crippen LogP) is 5.00. The molecule has 0 aliphatic carbocycles. The molecule has 4 aromatic rings. The van der Waals surface area contributed by atoms with Crippen molar-refractivity contribution in [2.75, 3.05) is 11.5 Å². The van der Waals surface area contributed by atoms with Crippen molar-refractivity contribution >= 4 is 22.9 Å². The number of rotatable bonds is 4. The van der Waals surface area contributed by atoms with Crippen LogP contribution in [0, 0.1) is 0 Å². The van der Waals surface area contributed by atoms with Gasteiger partial charge in [-0.15, -0.1) is 0 Å². The molecule has 4 aromatic carbocycles. The van der Waals surface area contributed by atoms with Crippen LogP contribution in [0.1, 0.15) is 31.8 Å². The molecule has 0 unspecified atom stereocenters. The predicted molar refractivity (Wildman–Crippen MR) is 121 cm³/mol. The number of hydrogen-bond acceptors (Lipinski definition) is 4. The van der Waals surface area contributed by atoms with Crippen LogP contribution in [0.4, 0.5) is 11.4 Å². The first-order chi connectivity index (χ1) is 14.6. The second-order valence-corrected chi connectivity index (χ2v) is 6.60. The standard InChI is InChI=1S/2C13H11NO/c14-12-9-5-4-8-11(12)13(15)10-6-2-1-3-7-10;14-12-8-4-7-11(9-12)13(15)10-5-2-1-3-6-10/h2*1-9H,14H2. The number of benzene rings is 4. The number of ketones is 2. The molecule has 0 aromatic heterocycles. The van der Waals surface area contributed by atoms with Crippen molar-refractivity contribution in [3.63, 3.8) is 0 Å². The number of anilines is 2. The number of hydrogen-bond donors (Lipinski definition) is 2. The van der Waals surface area contributed by atoms with E-state index in [-0.39, 0.29) is 11.6 Å². The van der Waals surface area contributed by atoms with E-state index in [2.05, 4.69) is 0 Å². The van der Waals surface area contributed by atoms with Gasteiger partial charge in [-0.2, -0.15) is 0 Å². The minimum absolute atomic E-state index is 0.00269. The first-order valence-electron chi connectivity index (χ1n) is 9.46. The molecule has 0 fully saturated rings. The molecule has 0 saturated heterocycles. The zero-order valence-corrected chi connectivity index (χ0v) is 16.4. The Morgan fingerprint density at radius 1 is 0.500 bits per heavy atom. The zero-order chi connectivity index (χ0) is 21.3. The quantitative estimate of drug-likeness (QED) is 0.377. The van der Waals surface area contributed by atoms with E-state index in [0.29, 0.717) is 33.6 Å². The minimum Gasteiger partial charge on any atom is -0.399 e. The van der Waals surface area contributed by atoms with E-state index < -0.39 is 0 Å². The summed E-state index contributed by atoms with van der Waals surface area (Å²) < 4.78 is 0. The van der Waals surface area contributed by atoms with Crippen LogP contribution < -0.4 is 11.5 Å². The van der Waals surface area contributed by atoms with Gasteiger partial charge in [-0.25, -0.2) is 0 Å². The first kappa shape index (κ1) is 20.6. The van der Waals surface area contributed by atoms with Crippen molar-refractivity contribution in [2.45, 2.75) is 0 Å². The van der Waals surface area contributed by atoms with Crippen molar-refractivity contribution in [1.82, 2.24) is 0 Å². The lowest BCUT2D eigenvalue weighted by atomic mass is 10.0. The molecule has 0 amide bonds. The van der Waals surface area contributed by atoms with Crippen LogP contribution in [-0.2, 0) is 0 Å². The van der Waals surface area contributed by atoms with E-state index in [0.717, 1.165) is 0 Å². The Hall–Kier alpha value is -4.18. The molecule has 0 heterocycles. The molecule has 0 atom stereocenters. The zero-order valence-electron chi connectivity index (χ0n) is 16.4. The van der Waals surface area contributed by atoms with E-state index in [1.807, 2.05) is 48.5 Å². The van der Waals surface area contributed by atoms with Gasteiger partial charge in [0.1, 0.15) is 0 Å². The number of nitrogen functional groups attached to an aromatic ring is 2. The lowest BCUT2D eigenvalue weighted by Gasteiger charge is -2.03. The highest BCUT2D eigenvalue weighted by atomic mass is 16.1. The van der Waals surface area contributed by atoms with E-state index in [4.69, 9.17) is 11.5 Å². The van der Waals surface area contributed by atoms with Crippen LogP contribution in [0.2, 0.25) is 0 Å². The number of para-hydroxylation sites is 1. The van der Waals surface area contributed by atoms with E-state index in [1.165, 1.54) is 0 Å². The summed E-state index contributed by atoms with van der Waals surface area (Å²) in [5.41, 5.74) is 15.0. The van der Waals surface area contributed by atoms with Crippen molar-refractivity contribution in [2.24, 2.45) is 0 Å². The summed E-state index contributed by atoms with van der Waals surface area (Å²) in [4.78, 5) is 23.9. The van der Waals surface area contributed by atoms with Gasteiger partial charge in [0.15, 0.2) is 11.6 Å². The summed E-state index contributed by atoms with van der Waals surface area (Å²) in [6, 6.07) is 32.4. The van der Waals surface area contributed by atoms with Crippen molar-refractivity contribution in [3.8, 4) is 0 Å². The third-order valence-corrected chi connectivity index (χ3v) is 4.43. The SMILES string of the molecule is Nc1cccc(C(=O)c2ccccc2)c1.Nc1ccccc1C(=O)c1ccccc1. The Morgan fingerprint density at radius 3 is 1.57 bits per heavy atom. The summed E-state index contributed by atoms with van der Waals surface area (Å²) in [5, 5.41) is 0. The molecule has 0 saturated carbocycles. The lowest BCUT2D eigenvalue weighted by molar-refractivity contribution is 0.103. The van der Waals surface area contributed by atoms with Gasteiger partial charge < -0.3 is 11.5 Å². The Morgan fingerprint density at radius 2 is 1.00 bits per heavy atom. The van der Waals surface area contributed by atoms with Gasteiger partial charge in [0.05, 0.1) is 0 Å². The molecule has 0 bridgehead atoms. The van der Waals surface area contributed by atoms with Crippen molar-refractivity contribution < 1.29 is 9.59 Å². The smallest absolute Gasteiger partial charge is 0.195 e. The second-order valence-electron chi connectivity index (χ2n) is 6.60. The van der Waals surface area contributed by atoms with Crippen LogP contribution >= 0.6 is 0 Å². The van der Waals surface area contributed by atoms with Gasteiger partial charge >= 0.3 is 0 Å². The third-order valence-electron chi connectivity index (χ3n) is 4.43. The fourth-order valence-electron chi connectivity index (χ4n) is 2.88. The van der Waals surface area contributed by atoms with Crippen molar-refractivity contribution in [1.29, 1.82) is 0 Å². The average Bonchev–Trinajstić information content (AvgIpc) is 2.80. The number of nitrogens with two attached hydrogens (primary N) is 2. The third kappa shape index (κ3) is 5.20. The molecular formula is C26H22N2O2. The topological polar surface area (TPSA) is 86.2 Å². The van der Waals surface area contributed by atoms with Gasteiger partial charge in [-0.3, -0.25) is 9.59 Å². The Bertz CT molecular complexity index is 1140. The minimum atomic E-state index is -0.0336. The van der Waals surface area contributed by atoms with E-state index in [1.54, 1.807) is 60.7 Å². The average molecular weight is 394 g/mol. The van der Waals surface area contributed by atoms with Crippen LogP contribution in [0.15, 0.2) is 109 Å². The van der Waals surface area contributed by atoms with Crippen molar-refractivity contribution in [3.05, 3.63) is 131 Å². The molecule has 148 valence electrons. The second kappa shape index (κ2) is 9.85. The maximum absolute atomic E-state index is 12.0. The van der Waals surface area contributed by atoms with Gasteiger partial charge in [0.2, 0.25) is 0 Å². The first-order valence-corrected chi connectivity index (χ1v) is 9.46. The maximum atomic E-state index is 12.0. The molecular weight excluding hydrogens is 372 g/mol. The monoisotopic (exact) mass is 394 g/mol. The van der Waals surface area contributed by atoms with Crippen LogP contribution in [0.3, 0.4) is 0 Å². The highest BCUT2D eigenvalue weighted by Crippen LogP contribution is 2.16. The summed E-state index contributed by atoms with van der Waals surface area (Å²) in [6.45, 7) is 0. The molecule has 30 heavy (non-hydrogen) atoms. The highest BCUT2D eigenvalue weighted by molar-refractivity contribution is 6.12. The Labute approximate surface area is 175 Å². The Balaban J connectivity index is 0.000000171. The van der Waals surface area contributed by atoms with Crippen LogP contribution in [0.25, 0.3) is 0 Å². The molecule has 0 aliphatic rings. The molecule has 4 rings (SSSR count). The molecule has 4 N–H and O–H groups in total. The number of carbonyl (C=O) groups excluding carboxylic acids is 2. The molecule has 0 aliphatic heterocycles. The summed E-state index contributed by atoms with van der Waals surface area (Å²) in [6.07, 6.45) is 0. The van der Waals surface area contributed by atoms with Crippen LogP contribution in [-0.4, -0.2) is 11.6 Å². The summed E-state index contributed by atoms with van der Waals surface area (Å²) >= 11 is 0. The van der Waals surface area contributed by atoms with Crippen LogP contribution in [0.5, 0.6) is 0 Å². The maximum Gasteiger partial charge on any atom is 0.195 e. The molecule has 4 heteroatoms. The van der Waals surface area contributed by atoms with Gasteiger partial charge in [0, 0.05) is 33.6 Å². The highest BCUT2D eigenvalue weighted by Gasteiger charge is 2.10. The molecule has 4 nitrogen and oxygen atoms in total. The fraction of sp³-hybridized carbons (Fsp3) is 0. The van der Waals surface area contributed by atoms with Gasteiger partial charge in [-0.05, 0) is 24.3 Å². The van der Waals surface area contributed by atoms with E-state index in [9.17, 15) is 9.59 Å². The largest absolute Gasteiger partial charge is 0.399 e. The summed E-state index contributed by atoms with van der Waals surface area (Å²) in [7, 11) is 0. The Kier molecular flexibility index (Phi) is 6.74. The lowest BCUT2D eigenvalue weighted by Crippen LogP contribution is -2.04. The summed E-state index contributed by atoms with van der Waals surface area (Å²) in [5.74, 6) is -0.0309. The van der Waals surface area contributed by atoms with Gasteiger partial charge in [-0.1, -0.05) is 84.9 Å². The fourth-order valence-corrected chi connectivity index (χ4v) is 2.88.